The van der Waals surface area contributed by atoms with Crippen LogP contribution in [0.15, 0.2) is 12.0 Å². The van der Waals surface area contributed by atoms with Gasteiger partial charge in [0.1, 0.15) is 18.0 Å². The molecule has 0 aromatic rings. The Morgan fingerprint density at radius 1 is 1.21 bits per heavy atom. The normalized spacial score (nSPS) is 14.4. The second-order valence-corrected chi connectivity index (χ2v) is 5.68. The number of aliphatic hydroxyl groups excluding tert-OH is 1. The van der Waals surface area contributed by atoms with Gasteiger partial charge in [0, 0.05) is 12.8 Å². The molecule has 0 spiro atoms. The number of quaternary nitrogens is 1. The van der Waals surface area contributed by atoms with E-state index in [1.54, 1.807) is 20.3 Å². The van der Waals surface area contributed by atoms with E-state index >= 15 is 0 Å². The van der Waals surface area contributed by atoms with Crippen LogP contribution in [0.3, 0.4) is 0 Å². The SMILES string of the molecule is CCCCCC/C(O)=C/[N+](C)(C)C(CCC)C(=O)[O-]. The van der Waals surface area contributed by atoms with Crippen molar-refractivity contribution < 1.29 is 19.5 Å². The minimum Gasteiger partial charge on any atom is -0.544 e. The van der Waals surface area contributed by atoms with E-state index < -0.39 is 12.0 Å². The number of aliphatic carboxylic acids is 1. The maximum absolute atomic E-state index is 11.2. The molecule has 1 N–H and O–H groups in total. The van der Waals surface area contributed by atoms with E-state index in [2.05, 4.69) is 6.92 Å². The van der Waals surface area contributed by atoms with Gasteiger partial charge in [0.2, 0.25) is 0 Å². The zero-order valence-electron chi connectivity index (χ0n) is 12.8. The lowest BCUT2D eigenvalue weighted by molar-refractivity contribution is -0.860. The lowest BCUT2D eigenvalue weighted by atomic mass is 10.1. The number of hydrogen-bond acceptors (Lipinski definition) is 3. The summed E-state index contributed by atoms with van der Waals surface area (Å²) in [5.74, 6) is -0.773. The van der Waals surface area contributed by atoms with Crippen LogP contribution in [-0.2, 0) is 4.79 Å². The molecule has 112 valence electrons. The highest BCUT2D eigenvalue weighted by molar-refractivity contribution is 5.69. The van der Waals surface area contributed by atoms with Gasteiger partial charge in [-0.15, -0.1) is 0 Å². The molecular formula is C15H29NO3. The van der Waals surface area contributed by atoms with Crippen LogP contribution in [-0.4, -0.2) is 35.7 Å². The number of hydrogen-bond donors (Lipinski definition) is 1. The van der Waals surface area contributed by atoms with Crippen molar-refractivity contribution in [2.24, 2.45) is 0 Å². The Morgan fingerprint density at radius 2 is 1.84 bits per heavy atom. The third-order valence-electron chi connectivity index (χ3n) is 3.41. The first kappa shape index (κ1) is 18.0. The molecule has 0 bridgehead atoms. The Balaban J connectivity index is 4.55. The van der Waals surface area contributed by atoms with Crippen LogP contribution in [0.2, 0.25) is 0 Å². The van der Waals surface area contributed by atoms with Gasteiger partial charge in [-0.1, -0.05) is 39.5 Å². The van der Waals surface area contributed by atoms with Crippen LogP contribution in [0.25, 0.3) is 0 Å². The lowest BCUT2D eigenvalue weighted by Gasteiger charge is -2.35. The minimum atomic E-state index is -1.05. The summed E-state index contributed by atoms with van der Waals surface area (Å²) >= 11 is 0. The molecule has 0 amide bonds. The summed E-state index contributed by atoms with van der Waals surface area (Å²) < 4.78 is 0.135. The summed E-state index contributed by atoms with van der Waals surface area (Å²) in [5, 5.41) is 21.1. The van der Waals surface area contributed by atoms with Crippen molar-refractivity contribution in [3.05, 3.63) is 12.0 Å². The lowest BCUT2D eigenvalue weighted by Crippen LogP contribution is -2.54. The van der Waals surface area contributed by atoms with Crippen molar-refractivity contribution in [2.75, 3.05) is 14.1 Å². The molecular weight excluding hydrogens is 242 g/mol. The van der Waals surface area contributed by atoms with E-state index in [0.29, 0.717) is 12.8 Å². The number of aliphatic hydroxyl groups is 1. The van der Waals surface area contributed by atoms with Gasteiger partial charge in [0.15, 0.2) is 0 Å². The van der Waals surface area contributed by atoms with Gasteiger partial charge in [-0.3, -0.25) is 4.48 Å². The molecule has 0 aromatic carbocycles. The number of carbonyl (C=O) groups excluding carboxylic acids is 1. The van der Waals surface area contributed by atoms with Crippen molar-refractivity contribution in [3.8, 4) is 0 Å². The molecule has 4 nitrogen and oxygen atoms in total. The molecule has 19 heavy (non-hydrogen) atoms. The van der Waals surface area contributed by atoms with Gasteiger partial charge >= 0.3 is 0 Å². The van der Waals surface area contributed by atoms with E-state index in [1.165, 1.54) is 6.42 Å². The molecule has 0 fully saturated rings. The van der Waals surface area contributed by atoms with Crippen LogP contribution in [0.5, 0.6) is 0 Å². The van der Waals surface area contributed by atoms with Gasteiger partial charge in [0.25, 0.3) is 0 Å². The predicted molar refractivity (Wildman–Crippen MR) is 75.3 cm³/mol. The summed E-state index contributed by atoms with van der Waals surface area (Å²) in [6.07, 6.45) is 7.97. The van der Waals surface area contributed by atoms with Crippen molar-refractivity contribution in [3.63, 3.8) is 0 Å². The summed E-state index contributed by atoms with van der Waals surface area (Å²) in [6, 6.07) is -0.609. The Labute approximate surface area is 117 Å². The van der Waals surface area contributed by atoms with Gasteiger partial charge in [-0.25, -0.2) is 0 Å². The molecule has 4 heteroatoms. The molecule has 0 aromatic heterocycles. The first-order valence-corrected chi connectivity index (χ1v) is 7.30. The number of nitrogens with zero attached hydrogens (tertiary/aromatic N) is 1. The molecule has 0 radical (unpaired) electrons. The monoisotopic (exact) mass is 271 g/mol. The standard InChI is InChI=1S/C15H29NO3/c1-5-7-8-9-11-13(17)12-16(3,4)14(10-6-2)15(18)19/h12,14H,5-11H2,1-4H3,(H-,17,18,19)/b13-12-. The average molecular weight is 271 g/mol. The summed E-state index contributed by atoms with van der Waals surface area (Å²) in [5.41, 5.74) is 0. The summed E-state index contributed by atoms with van der Waals surface area (Å²) in [6.45, 7) is 4.09. The second kappa shape index (κ2) is 8.97. The fourth-order valence-corrected chi connectivity index (χ4v) is 2.27. The summed E-state index contributed by atoms with van der Waals surface area (Å²) in [7, 11) is 3.58. The maximum Gasteiger partial charge on any atom is 0.145 e. The first-order valence-electron chi connectivity index (χ1n) is 7.30. The van der Waals surface area contributed by atoms with E-state index in [9.17, 15) is 15.0 Å². The van der Waals surface area contributed by atoms with Crippen LogP contribution in [0.4, 0.5) is 0 Å². The zero-order valence-corrected chi connectivity index (χ0v) is 12.8. The van der Waals surface area contributed by atoms with Crippen molar-refractivity contribution in [2.45, 2.75) is 64.8 Å². The zero-order chi connectivity index (χ0) is 14.9. The van der Waals surface area contributed by atoms with Gasteiger partial charge < -0.3 is 15.0 Å². The Hall–Kier alpha value is -1.03. The second-order valence-electron chi connectivity index (χ2n) is 5.68. The highest BCUT2D eigenvalue weighted by Gasteiger charge is 2.27. The topological polar surface area (TPSA) is 60.4 Å². The van der Waals surface area contributed by atoms with Crippen LogP contribution >= 0.6 is 0 Å². The third kappa shape index (κ3) is 7.21. The number of allylic oxidation sites excluding steroid dienone is 1. The highest BCUT2D eigenvalue weighted by Crippen LogP contribution is 2.17. The Bertz CT molecular complexity index is 298. The largest absolute Gasteiger partial charge is 0.544 e. The van der Waals surface area contributed by atoms with Crippen LogP contribution < -0.4 is 5.11 Å². The number of rotatable bonds is 10. The van der Waals surface area contributed by atoms with E-state index in [-0.39, 0.29) is 10.2 Å². The Morgan fingerprint density at radius 3 is 2.32 bits per heavy atom. The predicted octanol–water partition coefficient (Wildman–Crippen LogP) is 2.35. The van der Waals surface area contributed by atoms with Crippen molar-refractivity contribution in [1.29, 1.82) is 0 Å². The van der Waals surface area contributed by atoms with E-state index in [1.807, 2.05) is 6.92 Å². The van der Waals surface area contributed by atoms with Crippen LogP contribution in [0, 0.1) is 0 Å². The average Bonchev–Trinajstić information content (AvgIpc) is 2.30. The number of carboxylic acids is 1. The van der Waals surface area contributed by atoms with Gasteiger partial charge in [-0.2, -0.15) is 0 Å². The quantitative estimate of drug-likeness (QED) is 0.377. The van der Waals surface area contributed by atoms with E-state index in [0.717, 1.165) is 25.7 Å². The molecule has 0 rings (SSSR count). The fourth-order valence-electron chi connectivity index (χ4n) is 2.27. The van der Waals surface area contributed by atoms with Gasteiger partial charge in [0.05, 0.1) is 20.1 Å². The number of likely N-dealkylation sites (N-methyl/N-ethyl adjacent to an activating group) is 1. The molecule has 0 heterocycles. The first-order chi connectivity index (χ1) is 8.85. The molecule has 0 saturated heterocycles. The number of carboxylic acid groups (broad SMARTS) is 1. The molecule has 1 unspecified atom stereocenters. The molecule has 0 saturated carbocycles. The van der Waals surface area contributed by atoms with Crippen molar-refractivity contribution >= 4 is 5.97 Å². The van der Waals surface area contributed by atoms with Gasteiger partial charge in [-0.05, 0) is 6.42 Å². The molecule has 0 aliphatic heterocycles. The van der Waals surface area contributed by atoms with Crippen molar-refractivity contribution in [1.82, 2.24) is 0 Å². The number of unbranched alkanes of at least 4 members (excludes halogenated alkanes) is 3. The van der Waals surface area contributed by atoms with E-state index in [4.69, 9.17) is 0 Å². The smallest absolute Gasteiger partial charge is 0.145 e. The fraction of sp³-hybridized carbons (Fsp3) is 0.800. The molecule has 0 aliphatic carbocycles. The third-order valence-corrected chi connectivity index (χ3v) is 3.41. The summed E-state index contributed by atoms with van der Waals surface area (Å²) in [4.78, 5) is 11.2. The van der Waals surface area contributed by atoms with Crippen LogP contribution in [0.1, 0.15) is 58.8 Å². The molecule has 0 aliphatic rings. The highest BCUT2D eigenvalue weighted by atomic mass is 16.4. The minimum absolute atomic E-state index is 0.135. The number of carbonyl (C=O) groups is 1. The molecule has 1 atom stereocenters. The Kier molecular flexibility index (Phi) is 8.48. The maximum atomic E-state index is 11.2.